The first-order valence-corrected chi connectivity index (χ1v) is 4.75. The fourth-order valence-corrected chi connectivity index (χ4v) is 1.38. The quantitative estimate of drug-likeness (QED) is 0.681. The minimum Gasteiger partial charge on any atom is -0.259 e. The van der Waals surface area contributed by atoms with Gasteiger partial charge in [0.1, 0.15) is 0 Å². The average Bonchev–Trinajstić information content (AvgIpc) is 2.00. The Bertz CT molecular complexity index is 527. The molecule has 6 nitrogen and oxygen atoms in total. The lowest BCUT2D eigenvalue weighted by atomic mass is 10.1. The summed E-state index contributed by atoms with van der Waals surface area (Å²) in [7, 11) is 0. The van der Waals surface area contributed by atoms with Crippen molar-refractivity contribution >= 4 is 0 Å². The number of aromatic nitrogens is 3. The highest BCUT2D eigenvalue weighted by atomic mass is 16.2. The van der Waals surface area contributed by atoms with E-state index in [1.807, 2.05) is 0 Å². The molecule has 0 saturated carbocycles. The van der Waals surface area contributed by atoms with Crippen molar-refractivity contribution in [1.82, 2.24) is 14.1 Å². The zero-order valence-electron chi connectivity index (χ0n) is 9.33. The third-order valence-corrected chi connectivity index (χ3v) is 2.07. The summed E-state index contributed by atoms with van der Waals surface area (Å²) in [4.78, 5) is 36.6. The van der Waals surface area contributed by atoms with Gasteiger partial charge in [-0.15, -0.1) is 0 Å². The van der Waals surface area contributed by atoms with Gasteiger partial charge in [-0.1, -0.05) is 0 Å². The fraction of sp³-hybridized carbons (Fsp3) is 0.667. The molecule has 1 N–H and O–H groups in total. The summed E-state index contributed by atoms with van der Waals surface area (Å²) >= 11 is 0. The third-order valence-electron chi connectivity index (χ3n) is 2.07. The maximum Gasteiger partial charge on any atom is 0.336 e. The molecule has 1 aromatic rings. The Kier molecular flexibility index (Phi) is 2.70. The molecule has 15 heavy (non-hydrogen) atoms. The lowest BCUT2D eigenvalue weighted by molar-refractivity contribution is 0.341. The summed E-state index contributed by atoms with van der Waals surface area (Å²) in [6.07, 6.45) is 0. The summed E-state index contributed by atoms with van der Waals surface area (Å²) in [5.41, 5.74) is -2.54. The van der Waals surface area contributed by atoms with Crippen LogP contribution in [0.2, 0.25) is 0 Å². The highest BCUT2D eigenvalue weighted by Crippen LogP contribution is 2.05. The molecule has 1 rings (SSSR count). The van der Waals surface area contributed by atoms with E-state index in [-0.39, 0.29) is 6.54 Å². The fourth-order valence-electron chi connectivity index (χ4n) is 1.38. The molecule has 6 heteroatoms. The smallest absolute Gasteiger partial charge is 0.259 e. The highest BCUT2D eigenvalue weighted by Gasteiger charge is 2.20. The molecule has 0 aromatic carbocycles. The first-order chi connectivity index (χ1) is 6.79. The molecule has 0 bridgehead atoms. The van der Waals surface area contributed by atoms with Crippen molar-refractivity contribution in [2.75, 3.05) is 0 Å². The molecule has 0 spiro atoms. The lowest BCUT2D eigenvalue weighted by Gasteiger charge is -2.20. The SMILES string of the molecule is CCn1c(=O)[nH]c(=O)n(C(C)(C)C)c1=O. The van der Waals surface area contributed by atoms with Crippen LogP contribution in [0.3, 0.4) is 0 Å². The van der Waals surface area contributed by atoms with E-state index in [9.17, 15) is 14.4 Å². The number of nitrogens with zero attached hydrogens (tertiary/aromatic N) is 2. The van der Waals surface area contributed by atoms with Crippen LogP contribution in [0.5, 0.6) is 0 Å². The van der Waals surface area contributed by atoms with Gasteiger partial charge in [-0.2, -0.15) is 0 Å². The summed E-state index contributed by atoms with van der Waals surface area (Å²) in [5.74, 6) is 0. The van der Waals surface area contributed by atoms with Gasteiger partial charge in [-0.25, -0.2) is 23.5 Å². The molecule has 0 aliphatic rings. The molecular weight excluding hydrogens is 198 g/mol. The molecule has 0 fully saturated rings. The van der Waals surface area contributed by atoms with Crippen LogP contribution in [-0.2, 0) is 12.1 Å². The topological polar surface area (TPSA) is 76.9 Å². The monoisotopic (exact) mass is 213 g/mol. The number of H-pyrrole nitrogens is 1. The minimum absolute atomic E-state index is 0.241. The van der Waals surface area contributed by atoms with Gasteiger partial charge in [0, 0.05) is 12.1 Å². The molecule has 0 aliphatic heterocycles. The molecule has 0 atom stereocenters. The first-order valence-electron chi connectivity index (χ1n) is 4.75. The second-order valence-corrected chi connectivity index (χ2v) is 4.27. The minimum atomic E-state index is -0.665. The van der Waals surface area contributed by atoms with E-state index in [1.165, 1.54) is 0 Å². The second kappa shape index (κ2) is 3.52. The van der Waals surface area contributed by atoms with Crippen LogP contribution in [-0.4, -0.2) is 14.1 Å². The molecule has 1 heterocycles. The normalized spacial score (nSPS) is 11.7. The average molecular weight is 213 g/mol. The Hall–Kier alpha value is -1.59. The number of aromatic amines is 1. The van der Waals surface area contributed by atoms with Gasteiger partial charge in [-0.3, -0.25) is 4.98 Å². The van der Waals surface area contributed by atoms with Crippen LogP contribution in [0.25, 0.3) is 0 Å². The summed E-state index contributed by atoms with van der Waals surface area (Å²) in [5, 5.41) is 0. The summed E-state index contributed by atoms with van der Waals surface area (Å²) in [6.45, 7) is 7.11. The van der Waals surface area contributed by atoms with Crippen molar-refractivity contribution in [3.63, 3.8) is 0 Å². The Morgan fingerprint density at radius 2 is 1.67 bits per heavy atom. The van der Waals surface area contributed by atoms with Crippen LogP contribution in [0.4, 0.5) is 0 Å². The predicted octanol–water partition coefficient (Wildman–Crippen LogP) is -0.527. The van der Waals surface area contributed by atoms with Crippen LogP contribution in [0.15, 0.2) is 14.4 Å². The second-order valence-electron chi connectivity index (χ2n) is 4.27. The summed E-state index contributed by atoms with van der Waals surface area (Å²) < 4.78 is 2.03. The van der Waals surface area contributed by atoms with E-state index >= 15 is 0 Å². The maximum atomic E-state index is 11.8. The number of hydrogen-bond donors (Lipinski definition) is 1. The van der Waals surface area contributed by atoms with Crippen molar-refractivity contribution < 1.29 is 0 Å². The molecule has 0 saturated heterocycles. The van der Waals surface area contributed by atoms with Gasteiger partial charge in [0.05, 0.1) is 0 Å². The van der Waals surface area contributed by atoms with E-state index in [1.54, 1.807) is 27.7 Å². The van der Waals surface area contributed by atoms with Crippen LogP contribution < -0.4 is 17.1 Å². The van der Waals surface area contributed by atoms with E-state index in [0.717, 1.165) is 9.13 Å². The van der Waals surface area contributed by atoms with Crippen molar-refractivity contribution in [1.29, 1.82) is 0 Å². The van der Waals surface area contributed by atoms with Gasteiger partial charge in [0.15, 0.2) is 0 Å². The summed E-state index contributed by atoms with van der Waals surface area (Å²) in [6, 6.07) is 0. The zero-order chi connectivity index (χ0) is 11.8. The van der Waals surface area contributed by atoms with Crippen LogP contribution >= 0.6 is 0 Å². The van der Waals surface area contributed by atoms with E-state index < -0.39 is 22.6 Å². The van der Waals surface area contributed by atoms with Gasteiger partial charge in [0.2, 0.25) is 0 Å². The maximum absolute atomic E-state index is 11.8. The van der Waals surface area contributed by atoms with Gasteiger partial charge >= 0.3 is 17.1 Å². The number of nitrogens with one attached hydrogen (secondary N) is 1. The van der Waals surface area contributed by atoms with Gasteiger partial charge in [0.25, 0.3) is 0 Å². The Morgan fingerprint density at radius 1 is 1.13 bits per heavy atom. The van der Waals surface area contributed by atoms with Crippen molar-refractivity contribution in [2.24, 2.45) is 0 Å². The number of rotatable bonds is 1. The van der Waals surface area contributed by atoms with Crippen molar-refractivity contribution in [2.45, 2.75) is 39.8 Å². The molecular formula is C9H15N3O3. The standard InChI is InChI=1S/C9H15N3O3/c1-5-11-6(13)10-7(14)12(8(11)15)9(2,3)4/h5H2,1-4H3,(H,10,13,14). The largest absolute Gasteiger partial charge is 0.336 e. The molecule has 0 unspecified atom stereocenters. The van der Waals surface area contributed by atoms with E-state index in [4.69, 9.17) is 0 Å². The number of hydrogen-bond acceptors (Lipinski definition) is 3. The Labute approximate surface area is 86.2 Å². The highest BCUT2D eigenvalue weighted by molar-refractivity contribution is 4.82. The molecule has 0 aliphatic carbocycles. The molecule has 0 radical (unpaired) electrons. The van der Waals surface area contributed by atoms with E-state index in [2.05, 4.69) is 4.98 Å². The predicted molar refractivity (Wildman–Crippen MR) is 56.3 cm³/mol. The van der Waals surface area contributed by atoms with Gasteiger partial charge < -0.3 is 0 Å². The molecule has 1 aromatic heterocycles. The van der Waals surface area contributed by atoms with E-state index in [0.29, 0.717) is 0 Å². The Balaban J connectivity index is 3.78. The zero-order valence-corrected chi connectivity index (χ0v) is 9.33. The molecule has 0 amide bonds. The lowest BCUT2D eigenvalue weighted by Crippen LogP contribution is -2.54. The third kappa shape index (κ3) is 1.93. The Morgan fingerprint density at radius 3 is 2.07 bits per heavy atom. The molecule has 84 valence electrons. The van der Waals surface area contributed by atoms with Crippen molar-refractivity contribution in [3.05, 3.63) is 31.5 Å². The van der Waals surface area contributed by atoms with Crippen LogP contribution in [0, 0.1) is 0 Å². The van der Waals surface area contributed by atoms with Crippen molar-refractivity contribution in [3.8, 4) is 0 Å². The first kappa shape index (κ1) is 11.5. The van der Waals surface area contributed by atoms with Gasteiger partial charge in [-0.05, 0) is 27.7 Å². The van der Waals surface area contributed by atoms with Crippen LogP contribution in [0.1, 0.15) is 27.7 Å².